The van der Waals surface area contributed by atoms with Crippen molar-refractivity contribution in [2.24, 2.45) is 0 Å². The predicted octanol–water partition coefficient (Wildman–Crippen LogP) is 2.60. The zero-order valence-electron chi connectivity index (χ0n) is 20.7. The molecule has 2 heterocycles. The first kappa shape index (κ1) is 29.4. The number of esters is 4. The van der Waals surface area contributed by atoms with Crippen molar-refractivity contribution >= 4 is 72.5 Å². The first-order valence-corrected chi connectivity index (χ1v) is 12.5. The molecule has 1 fully saturated rings. The van der Waals surface area contributed by atoms with E-state index < -0.39 is 60.5 Å². The summed E-state index contributed by atoms with van der Waals surface area (Å²) in [6, 6.07) is 1.48. The SMILES string of the molecule is COC(=O)[C@H]1O[C@@H](Oc2cn(C(C)=O)c3cc(Br)c(O)c(Br)c23)[C@H](OC(C)=O)[C@@H](OC(C)=O)[C@@H]1OC(C)=O. The third-order valence-electron chi connectivity index (χ3n) is 5.34. The largest absolute Gasteiger partial charge is 0.506 e. The fraction of sp³-hybridized carbons (Fsp3) is 0.435. The molecule has 0 amide bonds. The third kappa shape index (κ3) is 5.94. The van der Waals surface area contributed by atoms with Gasteiger partial charge in [0.2, 0.25) is 18.3 Å². The lowest BCUT2D eigenvalue weighted by molar-refractivity contribution is -0.282. The number of rotatable bonds is 6. The highest BCUT2D eigenvalue weighted by Gasteiger charge is 2.56. The molecule has 0 saturated carbocycles. The van der Waals surface area contributed by atoms with Crippen LogP contribution in [0.1, 0.15) is 32.5 Å². The third-order valence-corrected chi connectivity index (χ3v) is 6.72. The first-order valence-electron chi connectivity index (χ1n) is 10.9. The summed E-state index contributed by atoms with van der Waals surface area (Å²) in [6.45, 7) is 4.49. The van der Waals surface area contributed by atoms with E-state index in [2.05, 4.69) is 31.9 Å². The molecule has 1 N–H and O–H groups in total. The molecular weight excluding hydrogens is 642 g/mol. The summed E-state index contributed by atoms with van der Waals surface area (Å²) in [4.78, 5) is 60.8. The number of aromatic hydroxyl groups is 1. The zero-order chi connectivity index (χ0) is 28.5. The predicted molar refractivity (Wildman–Crippen MR) is 133 cm³/mol. The highest BCUT2D eigenvalue weighted by atomic mass is 79.9. The molecule has 13 nitrogen and oxygen atoms in total. The van der Waals surface area contributed by atoms with Crippen molar-refractivity contribution in [1.29, 1.82) is 0 Å². The quantitative estimate of drug-likeness (QED) is 0.355. The molecule has 0 aliphatic carbocycles. The number of nitrogens with zero attached hydrogens (tertiary/aromatic N) is 1. The lowest BCUT2D eigenvalue weighted by Crippen LogP contribution is -2.64. The number of halogens is 2. The van der Waals surface area contributed by atoms with E-state index in [0.29, 0.717) is 5.52 Å². The van der Waals surface area contributed by atoms with Crippen LogP contribution < -0.4 is 4.74 Å². The van der Waals surface area contributed by atoms with E-state index in [0.717, 1.165) is 27.9 Å². The Kier molecular flexibility index (Phi) is 9.05. The Morgan fingerprint density at radius 3 is 2.00 bits per heavy atom. The minimum atomic E-state index is -1.67. The van der Waals surface area contributed by atoms with Gasteiger partial charge in [-0.2, -0.15) is 0 Å². The van der Waals surface area contributed by atoms with E-state index in [1.165, 1.54) is 23.8 Å². The maximum Gasteiger partial charge on any atom is 0.339 e. The molecule has 0 bridgehead atoms. The second-order valence-electron chi connectivity index (χ2n) is 8.09. The Balaban J connectivity index is 2.19. The van der Waals surface area contributed by atoms with Crippen LogP contribution in [0.5, 0.6) is 11.5 Å². The van der Waals surface area contributed by atoms with Crippen molar-refractivity contribution in [3.05, 3.63) is 21.2 Å². The van der Waals surface area contributed by atoms with Gasteiger partial charge in [0.05, 0.1) is 33.2 Å². The van der Waals surface area contributed by atoms with Gasteiger partial charge in [-0.1, -0.05) is 0 Å². The average molecular weight is 665 g/mol. The number of carbonyl (C=O) groups is 5. The molecule has 1 aromatic carbocycles. The molecular formula is C23H23Br2NO12. The van der Waals surface area contributed by atoms with Crippen molar-refractivity contribution in [3.63, 3.8) is 0 Å². The van der Waals surface area contributed by atoms with Crippen molar-refractivity contribution in [1.82, 2.24) is 4.57 Å². The van der Waals surface area contributed by atoms with Crippen molar-refractivity contribution in [2.75, 3.05) is 7.11 Å². The summed E-state index contributed by atoms with van der Waals surface area (Å²) in [5.74, 6) is -4.18. The zero-order valence-corrected chi connectivity index (χ0v) is 23.9. The highest BCUT2D eigenvalue weighted by molar-refractivity contribution is 9.11. The molecule has 0 radical (unpaired) electrons. The highest BCUT2D eigenvalue weighted by Crippen LogP contribution is 2.44. The second kappa shape index (κ2) is 11.7. The van der Waals surface area contributed by atoms with Gasteiger partial charge < -0.3 is 33.5 Å². The van der Waals surface area contributed by atoms with Crippen LogP contribution in [-0.4, -0.2) is 77.3 Å². The van der Waals surface area contributed by atoms with E-state index in [1.54, 1.807) is 0 Å². The maximum atomic E-state index is 12.6. The smallest absolute Gasteiger partial charge is 0.339 e. The van der Waals surface area contributed by atoms with Gasteiger partial charge in [0, 0.05) is 27.7 Å². The molecule has 0 spiro atoms. The number of benzene rings is 1. The monoisotopic (exact) mass is 663 g/mol. The number of carbonyl (C=O) groups excluding carboxylic acids is 5. The Morgan fingerprint density at radius 2 is 1.47 bits per heavy atom. The van der Waals surface area contributed by atoms with Crippen LogP contribution in [0, 0.1) is 0 Å². The number of fused-ring (bicyclic) bond motifs is 1. The topological polar surface area (TPSA) is 166 Å². The standard InChI is InChI=1S/C23H23Br2NO12/c1-8(27)26-7-14(15-13(26)6-12(24)17(31)16(15)25)37-23-21(36-11(4)30)19(35-10(3)29)18(34-9(2)28)20(38-23)22(32)33-5/h6-7,18-21,23,31H,1-5H3/t18-,19-,20-,21+,23+/m0/s1. The molecule has 0 unspecified atom stereocenters. The van der Waals surface area contributed by atoms with Crippen LogP contribution in [0.3, 0.4) is 0 Å². The van der Waals surface area contributed by atoms with Crippen molar-refractivity contribution in [2.45, 2.75) is 58.4 Å². The van der Waals surface area contributed by atoms with E-state index in [4.69, 9.17) is 28.4 Å². The van der Waals surface area contributed by atoms with Crippen LogP contribution in [0.15, 0.2) is 21.2 Å². The van der Waals surface area contributed by atoms with E-state index in [1.807, 2.05) is 0 Å². The summed E-state index contributed by atoms with van der Waals surface area (Å²) in [6.07, 6.45) is -6.71. The van der Waals surface area contributed by atoms with Crippen LogP contribution in [0.2, 0.25) is 0 Å². The number of phenolic OH excluding ortho intramolecular Hbond substituents is 1. The molecule has 1 saturated heterocycles. The van der Waals surface area contributed by atoms with Gasteiger partial charge in [-0.05, 0) is 37.9 Å². The molecule has 15 heteroatoms. The summed E-state index contributed by atoms with van der Waals surface area (Å²) < 4.78 is 34.1. The fourth-order valence-electron chi connectivity index (χ4n) is 3.92. The molecule has 38 heavy (non-hydrogen) atoms. The average Bonchev–Trinajstić information content (AvgIpc) is 3.17. The lowest BCUT2D eigenvalue weighted by atomic mass is 9.97. The van der Waals surface area contributed by atoms with Gasteiger partial charge in [0.15, 0.2) is 18.3 Å². The molecule has 1 aliphatic rings. The summed E-state index contributed by atoms with van der Waals surface area (Å²) in [5, 5.41) is 10.7. The summed E-state index contributed by atoms with van der Waals surface area (Å²) in [7, 11) is 1.06. The van der Waals surface area contributed by atoms with Crippen molar-refractivity contribution in [3.8, 4) is 11.5 Å². The van der Waals surface area contributed by atoms with E-state index in [9.17, 15) is 29.1 Å². The van der Waals surface area contributed by atoms with Gasteiger partial charge >= 0.3 is 23.9 Å². The molecule has 1 aromatic heterocycles. The van der Waals surface area contributed by atoms with Crippen LogP contribution in [-0.2, 0) is 42.9 Å². The van der Waals surface area contributed by atoms with Gasteiger partial charge in [-0.25, -0.2) is 4.79 Å². The Labute approximate surface area is 232 Å². The van der Waals surface area contributed by atoms with E-state index >= 15 is 0 Å². The number of hydrogen-bond acceptors (Lipinski definition) is 12. The van der Waals surface area contributed by atoms with Gasteiger partial charge in [-0.15, -0.1) is 0 Å². The number of ether oxygens (including phenoxy) is 6. The van der Waals surface area contributed by atoms with E-state index in [-0.39, 0.29) is 25.8 Å². The second-order valence-corrected chi connectivity index (χ2v) is 9.73. The molecule has 1 aliphatic heterocycles. The van der Waals surface area contributed by atoms with Crippen LogP contribution in [0.4, 0.5) is 0 Å². The minimum absolute atomic E-state index is 0.0387. The molecule has 206 valence electrons. The number of phenols is 1. The fourth-order valence-corrected chi connectivity index (χ4v) is 5.21. The molecule has 3 rings (SSSR count). The maximum absolute atomic E-state index is 12.6. The van der Waals surface area contributed by atoms with Crippen LogP contribution >= 0.6 is 31.9 Å². The van der Waals surface area contributed by atoms with Gasteiger partial charge in [-0.3, -0.25) is 23.7 Å². The summed E-state index contributed by atoms with van der Waals surface area (Å²) >= 11 is 6.50. The van der Waals surface area contributed by atoms with Gasteiger partial charge in [0.25, 0.3) is 0 Å². The molecule has 2 aromatic rings. The Bertz CT molecular complexity index is 1310. The Morgan fingerprint density at radius 1 is 0.921 bits per heavy atom. The van der Waals surface area contributed by atoms with Crippen LogP contribution in [0.25, 0.3) is 10.9 Å². The molecule has 5 atom stereocenters. The van der Waals surface area contributed by atoms with Crippen molar-refractivity contribution < 1.29 is 57.5 Å². The Hall–Kier alpha value is -3.17. The minimum Gasteiger partial charge on any atom is -0.506 e. The number of aromatic nitrogens is 1. The normalized spacial score (nSPS) is 22.9. The number of methoxy groups -OCH3 is 1. The summed E-state index contributed by atoms with van der Waals surface area (Å²) in [5.41, 5.74) is 0.322. The number of hydrogen-bond donors (Lipinski definition) is 1. The van der Waals surface area contributed by atoms with Gasteiger partial charge in [0.1, 0.15) is 11.5 Å². The first-order chi connectivity index (χ1) is 17.8. The lowest BCUT2D eigenvalue weighted by Gasteiger charge is -2.43.